The maximum absolute atomic E-state index is 10.8. The van der Waals surface area contributed by atoms with Crippen molar-refractivity contribution in [1.29, 1.82) is 0 Å². The summed E-state index contributed by atoms with van der Waals surface area (Å²) in [6.45, 7) is 2.16. The Labute approximate surface area is 106 Å². The van der Waals surface area contributed by atoms with Crippen molar-refractivity contribution in [3.8, 4) is 11.5 Å². The van der Waals surface area contributed by atoms with Gasteiger partial charge in [-0.05, 0) is 24.3 Å². The van der Waals surface area contributed by atoms with Gasteiger partial charge in [0.25, 0.3) is 0 Å². The van der Waals surface area contributed by atoms with Crippen LogP contribution < -0.4 is 9.47 Å². The first kappa shape index (κ1) is 13.9. The third-order valence-corrected chi connectivity index (χ3v) is 3.55. The maximum Gasteiger partial charge on any atom is 0.150 e. The molecule has 17 heavy (non-hydrogen) atoms. The van der Waals surface area contributed by atoms with Crippen molar-refractivity contribution in [2.75, 3.05) is 20.0 Å². The van der Waals surface area contributed by atoms with Crippen LogP contribution in [0.4, 0.5) is 0 Å². The molecule has 0 unspecified atom stereocenters. The van der Waals surface area contributed by atoms with E-state index in [-0.39, 0.29) is 0 Å². The molecule has 1 aromatic rings. The molecule has 4 heteroatoms. The Morgan fingerprint density at radius 1 is 1.24 bits per heavy atom. The number of aldehydes is 1. The number of methoxy groups -OCH3 is 2. The van der Waals surface area contributed by atoms with E-state index in [0.29, 0.717) is 17.1 Å². The summed E-state index contributed by atoms with van der Waals surface area (Å²) in [6, 6.07) is 3.48. The van der Waals surface area contributed by atoms with Crippen molar-refractivity contribution in [2.24, 2.45) is 0 Å². The summed E-state index contributed by atoms with van der Waals surface area (Å²) >= 11 is 1.70. The van der Waals surface area contributed by atoms with E-state index in [2.05, 4.69) is 6.92 Å². The van der Waals surface area contributed by atoms with Crippen LogP contribution in [-0.4, -0.2) is 26.3 Å². The molecule has 0 bridgehead atoms. The second kappa shape index (κ2) is 7.22. The summed E-state index contributed by atoms with van der Waals surface area (Å²) in [4.78, 5) is 11.8. The molecule has 0 radical (unpaired) electrons. The molecular formula is C13H18O3S. The monoisotopic (exact) mass is 254 g/mol. The van der Waals surface area contributed by atoms with Gasteiger partial charge in [-0.1, -0.05) is 13.3 Å². The van der Waals surface area contributed by atoms with Crippen LogP contribution in [0.1, 0.15) is 30.1 Å². The van der Waals surface area contributed by atoms with Gasteiger partial charge in [0.1, 0.15) is 17.8 Å². The summed E-state index contributed by atoms with van der Waals surface area (Å²) < 4.78 is 10.6. The lowest BCUT2D eigenvalue weighted by Crippen LogP contribution is -1.95. The highest BCUT2D eigenvalue weighted by molar-refractivity contribution is 7.99. The smallest absolute Gasteiger partial charge is 0.150 e. The minimum atomic E-state index is 0.568. The highest BCUT2D eigenvalue weighted by Gasteiger charge is 2.12. The first-order valence-corrected chi connectivity index (χ1v) is 6.59. The van der Waals surface area contributed by atoms with Gasteiger partial charge in [0, 0.05) is 5.56 Å². The van der Waals surface area contributed by atoms with Crippen LogP contribution in [0, 0.1) is 0 Å². The van der Waals surface area contributed by atoms with Crippen molar-refractivity contribution >= 4 is 18.0 Å². The van der Waals surface area contributed by atoms with E-state index in [0.717, 1.165) is 29.8 Å². The lowest BCUT2D eigenvalue weighted by atomic mass is 10.2. The molecule has 0 aliphatic carbocycles. The molecular weight excluding hydrogens is 236 g/mol. The Morgan fingerprint density at radius 2 is 1.82 bits per heavy atom. The van der Waals surface area contributed by atoms with Gasteiger partial charge < -0.3 is 9.47 Å². The lowest BCUT2D eigenvalue weighted by Gasteiger charge is -2.13. The largest absolute Gasteiger partial charge is 0.495 e. The van der Waals surface area contributed by atoms with Crippen LogP contribution >= 0.6 is 11.8 Å². The van der Waals surface area contributed by atoms with E-state index in [1.807, 2.05) is 0 Å². The Bertz CT molecular complexity index is 352. The van der Waals surface area contributed by atoms with Crippen molar-refractivity contribution in [3.05, 3.63) is 17.7 Å². The number of hydrogen-bond donors (Lipinski definition) is 0. The lowest BCUT2D eigenvalue weighted by molar-refractivity contribution is 0.112. The second-order valence-electron chi connectivity index (χ2n) is 3.57. The molecule has 0 aliphatic rings. The number of rotatable bonds is 7. The van der Waals surface area contributed by atoms with Crippen molar-refractivity contribution < 1.29 is 14.3 Å². The summed E-state index contributed by atoms with van der Waals surface area (Å²) in [5.41, 5.74) is 0.568. The SMILES string of the molecule is CCCCSc1c(OC)cc(C=O)cc1OC. The number of hydrogen-bond acceptors (Lipinski definition) is 4. The highest BCUT2D eigenvalue weighted by atomic mass is 32.2. The fourth-order valence-corrected chi connectivity index (χ4v) is 2.64. The molecule has 0 heterocycles. The van der Waals surface area contributed by atoms with Gasteiger partial charge >= 0.3 is 0 Å². The zero-order valence-electron chi connectivity index (χ0n) is 10.5. The Kier molecular flexibility index (Phi) is 5.91. The van der Waals surface area contributed by atoms with Gasteiger partial charge in [0.15, 0.2) is 0 Å². The molecule has 94 valence electrons. The quantitative estimate of drug-likeness (QED) is 0.424. The molecule has 3 nitrogen and oxygen atoms in total. The van der Waals surface area contributed by atoms with E-state index < -0.39 is 0 Å². The minimum absolute atomic E-state index is 0.568. The van der Waals surface area contributed by atoms with Gasteiger partial charge in [-0.3, -0.25) is 4.79 Å². The fourth-order valence-electron chi connectivity index (χ4n) is 1.43. The van der Waals surface area contributed by atoms with Gasteiger partial charge in [-0.15, -0.1) is 11.8 Å². The molecule has 0 aromatic heterocycles. The van der Waals surface area contributed by atoms with Crippen LogP contribution in [0.15, 0.2) is 17.0 Å². The minimum Gasteiger partial charge on any atom is -0.495 e. The average molecular weight is 254 g/mol. The molecule has 0 amide bonds. The van der Waals surface area contributed by atoms with E-state index in [1.54, 1.807) is 38.1 Å². The Morgan fingerprint density at radius 3 is 2.24 bits per heavy atom. The summed E-state index contributed by atoms with van der Waals surface area (Å²) in [5.74, 6) is 2.42. The number of thioether (sulfide) groups is 1. The van der Waals surface area contributed by atoms with E-state index in [9.17, 15) is 4.79 Å². The number of carbonyl (C=O) groups is 1. The highest BCUT2D eigenvalue weighted by Crippen LogP contribution is 2.39. The predicted octanol–water partition coefficient (Wildman–Crippen LogP) is 3.41. The molecule has 0 aliphatic heterocycles. The van der Waals surface area contributed by atoms with Crippen molar-refractivity contribution in [2.45, 2.75) is 24.7 Å². The van der Waals surface area contributed by atoms with Crippen molar-refractivity contribution in [3.63, 3.8) is 0 Å². The first-order chi connectivity index (χ1) is 8.26. The van der Waals surface area contributed by atoms with Gasteiger partial charge in [-0.25, -0.2) is 0 Å². The predicted molar refractivity (Wildman–Crippen MR) is 70.6 cm³/mol. The number of ether oxygens (including phenoxy) is 2. The molecule has 1 rings (SSSR count). The fraction of sp³-hybridized carbons (Fsp3) is 0.462. The molecule has 1 aromatic carbocycles. The summed E-state index contributed by atoms with van der Waals surface area (Å²) in [5, 5.41) is 0. The third-order valence-electron chi connectivity index (χ3n) is 2.36. The molecule has 0 saturated carbocycles. The normalized spacial score (nSPS) is 10.1. The topological polar surface area (TPSA) is 35.5 Å². The third kappa shape index (κ3) is 3.66. The van der Waals surface area contributed by atoms with Crippen LogP contribution in [0.2, 0.25) is 0 Å². The van der Waals surface area contributed by atoms with Crippen LogP contribution in [0.3, 0.4) is 0 Å². The van der Waals surface area contributed by atoms with Gasteiger partial charge in [-0.2, -0.15) is 0 Å². The standard InChI is InChI=1S/C13H18O3S/c1-4-5-6-17-13-11(15-2)7-10(9-14)8-12(13)16-3/h7-9H,4-6H2,1-3H3. The van der Waals surface area contributed by atoms with Gasteiger partial charge in [0.2, 0.25) is 0 Å². The van der Waals surface area contributed by atoms with Crippen LogP contribution in [-0.2, 0) is 0 Å². The molecule has 0 fully saturated rings. The molecule has 0 saturated heterocycles. The molecule has 0 N–H and O–H groups in total. The first-order valence-electron chi connectivity index (χ1n) is 5.60. The Hall–Kier alpha value is -1.16. The van der Waals surface area contributed by atoms with E-state index in [1.165, 1.54) is 0 Å². The average Bonchev–Trinajstić information content (AvgIpc) is 2.38. The van der Waals surface area contributed by atoms with E-state index in [4.69, 9.17) is 9.47 Å². The number of unbranched alkanes of at least 4 members (excludes halogenated alkanes) is 1. The van der Waals surface area contributed by atoms with Crippen LogP contribution in [0.5, 0.6) is 11.5 Å². The molecule has 0 spiro atoms. The second-order valence-corrected chi connectivity index (χ2v) is 4.68. The van der Waals surface area contributed by atoms with Crippen LogP contribution in [0.25, 0.3) is 0 Å². The van der Waals surface area contributed by atoms with Gasteiger partial charge in [0.05, 0.1) is 19.1 Å². The van der Waals surface area contributed by atoms with E-state index >= 15 is 0 Å². The summed E-state index contributed by atoms with van der Waals surface area (Å²) in [6.07, 6.45) is 3.10. The molecule has 0 atom stereocenters. The summed E-state index contributed by atoms with van der Waals surface area (Å²) in [7, 11) is 3.21. The zero-order valence-corrected chi connectivity index (χ0v) is 11.3. The zero-order chi connectivity index (χ0) is 12.7. The maximum atomic E-state index is 10.8. The number of carbonyl (C=O) groups excluding carboxylic acids is 1. The Balaban J connectivity index is 3.01. The van der Waals surface area contributed by atoms with Crippen molar-refractivity contribution in [1.82, 2.24) is 0 Å². The number of benzene rings is 1.